The molecule has 130 valence electrons. The van der Waals surface area contributed by atoms with Gasteiger partial charge < -0.3 is 10.4 Å². The highest BCUT2D eigenvalue weighted by molar-refractivity contribution is 8.26. The zero-order valence-electron chi connectivity index (χ0n) is 15.3. The van der Waals surface area contributed by atoms with E-state index in [0.717, 1.165) is 22.3 Å². The summed E-state index contributed by atoms with van der Waals surface area (Å²) in [5.41, 5.74) is 3.20. The number of carbonyl (C=O) groups excluding carboxylic acids is 1. The molecule has 5 heteroatoms. The van der Waals surface area contributed by atoms with E-state index in [9.17, 15) is 9.90 Å². The largest absolute Gasteiger partial charge is 0.507 e. The molecule has 1 saturated heterocycles. The third-order valence-corrected chi connectivity index (χ3v) is 5.45. The number of thioether (sulfide) groups is 1. The Morgan fingerprint density at radius 2 is 1.54 bits per heavy atom. The Morgan fingerprint density at radius 3 is 1.88 bits per heavy atom. The minimum Gasteiger partial charge on any atom is -0.507 e. The van der Waals surface area contributed by atoms with Gasteiger partial charge in [0.05, 0.1) is 4.91 Å². The van der Waals surface area contributed by atoms with Gasteiger partial charge in [-0.05, 0) is 41.0 Å². The number of hydrogen-bond acceptors (Lipinski definition) is 4. The Morgan fingerprint density at radius 1 is 1.08 bits per heavy atom. The van der Waals surface area contributed by atoms with Crippen molar-refractivity contribution in [3.8, 4) is 5.75 Å². The minimum atomic E-state index is -0.203. The van der Waals surface area contributed by atoms with Crippen molar-refractivity contribution in [2.75, 3.05) is 0 Å². The maximum atomic E-state index is 12.1. The van der Waals surface area contributed by atoms with Gasteiger partial charge in [0.1, 0.15) is 10.1 Å². The minimum absolute atomic E-state index is 0.148. The summed E-state index contributed by atoms with van der Waals surface area (Å²) in [5, 5.41) is 13.5. The fourth-order valence-corrected chi connectivity index (χ4v) is 3.77. The van der Waals surface area contributed by atoms with Gasteiger partial charge in [-0.3, -0.25) is 4.79 Å². The Kier molecular flexibility index (Phi) is 4.90. The van der Waals surface area contributed by atoms with Gasteiger partial charge in [0.25, 0.3) is 5.91 Å². The lowest BCUT2D eigenvalue weighted by molar-refractivity contribution is -0.115. The van der Waals surface area contributed by atoms with Gasteiger partial charge in [0, 0.05) is 11.1 Å². The van der Waals surface area contributed by atoms with Crippen LogP contribution in [-0.4, -0.2) is 15.3 Å². The van der Waals surface area contributed by atoms with Gasteiger partial charge in [-0.15, -0.1) is 0 Å². The van der Waals surface area contributed by atoms with Crippen LogP contribution in [0.25, 0.3) is 5.57 Å². The maximum absolute atomic E-state index is 12.1. The monoisotopic (exact) mass is 363 g/mol. The third kappa shape index (κ3) is 3.67. The van der Waals surface area contributed by atoms with Crippen LogP contribution in [0.5, 0.6) is 5.75 Å². The molecule has 3 nitrogen and oxygen atoms in total. The lowest BCUT2D eigenvalue weighted by Gasteiger charge is -2.28. The van der Waals surface area contributed by atoms with Crippen LogP contribution < -0.4 is 5.32 Å². The molecule has 0 aromatic heterocycles. The van der Waals surface area contributed by atoms with Crippen LogP contribution in [-0.2, 0) is 15.6 Å². The Bertz CT molecular complexity index is 715. The summed E-state index contributed by atoms with van der Waals surface area (Å²) in [5.74, 6) is 0.195. The van der Waals surface area contributed by atoms with E-state index in [1.165, 1.54) is 11.8 Å². The molecule has 0 bridgehead atoms. The van der Waals surface area contributed by atoms with Crippen molar-refractivity contribution in [2.45, 2.75) is 59.3 Å². The zero-order valence-corrected chi connectivity index (χ0v) is 17.0. The van der Waals surface area contributed by atoms with E-state index in [2.05, 4.69) is 46.9 Å². The van der Waals surface area contributed by atoms with E-state index in [0.29, 0.717) is 15.0 Å². The summed E-state index contributed by atoms with van der Waals surface area (Å²) in [6.07, 6.45) is 0. The van der Waals surface area contributed by atoms with E-state index in [1.54, 1.807) is 0 Å². The number of hydrogen-bond donors (Lipinski definition) is 2. The van der Waals surface area contributed by atoms with Crippen LogP contribution in [0.15, 0.2) is 17.0 Å². The second kappa shape index (κ2) is 6.19. The first-order valence-corrected chi connectivity index (χ1v) is 9.17. The molecule has 0 aliphatic carbocycles. The van der Waals surface area contributed by atoms with Crippen molar-refractivity contribution in [3.05, 3.63) is 33.7 Å². The summed E-state index contributed by atoms with van der Waals surface area (Å²) in [6, 6.07) is 3.98. The Balaban J connectivity index is 2.74. The summed E-state index contributed by atoms with van der Waals surface area (Å²) in [7, 11) is 0. The van der Waals surface area contributed by atoms with Crippen LogP contribution in [0.2, 0.25) is 0 Å². The normalized spacial score (nSPS) is 18.0. The van der Waals surface area contributed by atoms with Crippen LogP contribution in [0.1, 0.15) is 65.2 Å². The van der Waals surface area contributed by atoms with Crippen LogP contribution in [0.4, 0.5) is 0 Å². The molecule has 0 atom stereocenters. The fraction of sp³-hybridized carbons (Fsp3) is 0.474. The van der Waals surface area contributed by atoms with E-state index < -0.39 is 0 Å². The van der Waals surface area contributed by atoms with Gasteiger partial charge in [-0.25, -0.2) is 0 Å². The second-order valence-electron chi connectivity index (χ2n) is 8.22. The number of phenols is 1. The molecule has 1 heterocycles. The number of amides is 1. The molecule has 2 N–H and O–H groups in total. The molecule has 24 heavy (non-hydrogen) atoms. The zero-order chi connectivity index (χ0) is 18.4. The van der Waals surface area contributed by atoms with Crippen LogP contribution in [0.3, 0.4) is 0 Å². The van der Waals surface area contributed by atoms with E-state index in [4.69, 9.17) is 12.2 Å². The van der Waals surface area contributed by atoms with Gasteiger partial charge in [-0.1, -0.05) is 65.5 Å². The summed E-state index contributed by atoms with van der Waals surface area (Å²) < 4.78 is 0.486. The number of thiocarbonyl (C=S) groups is 1. The number of nitrogens with one attached hydrogen (secondary N) is 1. The standard InChI is InChI=1S/C19H25NO2S2/c1-10(15-16(22)20-17(23)24-15)11-8-12(18(2,3)4)14(21)13(9-11)19(5,6)7/h8-9,21H,1-7H3,(H,20,22,23). The summed E-state index contributed by atoms with van der Waals surface area (Å²) >= 11 is 6.39. The predicted molar refractivity (Wildman–Crippen MR) is 106 cm³/mol. The molecular formula is C19H25NO2S2. The lowest BCUT2D eigenvalue weighted by atomic mass is 9.78. The van der Waals surface area contributed by atoms with Crippen molar-refractivity contribution in [2.24, 2.45) is 0 Å². The Labute approximate surface area is 153 Å². The van der Waals surface area contributed by atoms with Gasteiger partial charge >= 0.3 is 0 Å². The SMILES string of the molecule is CC(=C1SC(=S)NC1=O)c1cc(C(C)(C)C)c(O)c(C(C)(C)C)c1. The highest BCUT2D eigenvalue weighted by Gasteiger charge is 2.29. The molecular weight excluding hydrogens is 338 g/mol. The average molecular weight is 364 g/mol. The maximum Gasteiger partial charge on any atom is 0.263 e. The van der Waals surface area contributed by atoms with E-state index >= 15 is 0 Å². The number of phenolic OH excluding ortho intramolecular Hbond substituents is 1. The molecule has 1 aromatic rings. The number of aromatic hydroxyl groups is 1. The number of allylic oxidation sites excluding steroid dienone is 1. The molecule has 0 radical (unpaired) electrons. The predicted octanol–water partition coefficient (Wildman–Crippen LogP) is 4.87. The third-order valence-electron chi connectivity index (χ3n) is 4.12. The van der Waals surface area contributed by atoms with Crippen molar-refractivity contribution in [1.82, 2.24) is 5.32 Å². The fourth-order valence-electron chi connectivity index (χ4n) is 2.69. The van der Waals surface area contributed by atoms with Crippen LogP contribution >= 0.6 is 24.0 Å². The lowest BCUT2D eigenvalue weighted by Crippen LogP contribution is -2.19. The number of benzene rings is 1. The summed E-state index contributed by atoms with van der Waals surface area (Å²) in [4.78, 5) is 12.7. The molecule has 1 aromatic carbocycles. The average Bonchev–Trinajstić information content (AvgIpc) is 2.74. The van der Waals surface area contributed by atoms with Gasteiger partial charge in [0.2, 0.25) is 0 Å². The molecule has 1 fully saturated rings. The first kappa shape index (κ1) is 19.0. The van der Waals surface area contributed by atoms with E-state index in [1.807, 2.05) is 19.1 Å². The molecule has 1 aliphatic heterocycles. The molecule has 2 rings (SSSR count). The highest BCUT2D eigenvalue weighted by atomic mass is 32.2. The van der Waals surface area contributed by atoms with E-state index in [-0.39, 0.29) is 16.7 Å². The van der Waals surface area contributed by atoms with Crippen molar-refractivity contribution < 1.29 is 9.90 Å². The van der Waals surface area contributed by atoms with Crippen molar-refractivity contribution >= 4 is 39.8 Å². The smallest absolute Gasteiger partial charge is 0.263 e. The second-order valence-corrected chi connectivity index (χ2v) is 9.91. The van der Waals surface area contributed by atoms with Gasteiger partial charge in [-0.2, -0.15) is 0 Å². The molecule has 0 unspecified atom stereocenters. The van der Waals surface area contributed by atoms with Crippen molar-refractivity contribution in [1.29, 1.82) is 0 Å². The quantitative estimate of drug-likeness (QED) is 0.552. The van der Waals surface area contributed by atoms with Crippen LogP contribution in [0, 0.1) is 0 Å². The first-order chi connectivity index (χ1) is 10.8. The summed E-state index contributed by atoms with van der Waals surface area (Å²) in [6.45, 7) is 14.4. The molecule has 0 saturated carbocycles. The van der Waals surface area contributed by atoms with Crippen molar-refractivity contribution in [3.63, 3.8) is 0 Å². The first-order valence-electron chi connectivity index (χ1n) is 7.94. The Hall–Kier alpha value is -1.33. The molecule has 1 aliphatic rings. The number of rotatable bonds is 1. The van der Waals surface area contributed by atoms with Gasteiger partial charge in [0.15, 0.2) is 0 Å². The topological polar surface area (TPSA) is 49.3 Å². The number of carbonyl (C=O) groups is 1. The highest BCUT2D eigenvalue weighted by Crippen LogP contribution is 2.42. The molecule has 1 amide bonds. The molecule has 0 spiro atoms.